The van der Waals surface area contributed by atoms with Gasteiger partial charge in [0, 0.05) is 5.56 Å². The van der Waals surface area contributed by atoms with Crippen molar-refractivity contribution in [3.8, 4) is 0 Å². The highest BCUT2D eigenvalue weighted by Gasteiger charge is 2.65. The van der Waals surface area contributed by atoms with Gasteiger partial charge in [-0.25, -0.2) is 4.90 Å². The van der Waals surface area contributed by atoms with E-state index in [1.807, 2.05) is 62.4 Å². The Labute approximate surface area is 197 Å². The maximum atomic E-state index is 13.9. The summed E-state index contributed by atoms with van der Waals surface area (Å²) >= 11 is 0. The van der Waals surface area contributed by atoms with E-state index in [1.54, 1.807) is 35.5 Å². The molecule has 3 heterocycles. The summed E-state index contributed by atoms with van der Waals surface area (Å²) in [6.07, 6.45) is 1.72. The van der Waals surface area contributed by atoms with Gasteiger partial charge in [0.1, 0.15) is 6.04 Å². The van der Waals surface area contributed by atoms with Gasteiger partial charge in [-0.1, -0.05) is 72.3 Å². The molecule has 0 aromatic heterocycles. The van der Waals surface area contributed by atoms with Gasteiger partial charge in [-0.2, -0.15) is 5.10 Å². The predicted molar refractivity (Wildman–Crippen MR) is 129 cm³/mol. The molecule has 3 aromatic carbocycles. The minimum atomic E-state index is -0.853. The van der Waals surface area contributed by atoms with E-state index in [0.29, 0.717) is 11.3 Å². The van der Waals surface area contributed by atoms with Crippen LogP contribution in [-0.4, -0.2) is 34.9 Å². The lowest BCUT2D eigenvalue weighted by Crippen LogP contribution is -2.44. The lowest BCUT2D eigenvalue weighted by molar-refractivity contribution is -0.124. The van der Waals surface area contributed by atoms with Gasteiger partial charge in [-0.05, 0) is 36.6 Å². The monoisotopic (exact) mass is 449 g/mol. The van der Waals surface area contributed by atoms with E-state index in [2.05, 4.69) is 5.10 Å². The molecule has 2 fully saturated rings. The van der Waals surface area contributed by atoms with Gasteiger partial charge in [-0.3, -0.25) is 19.4 Å². The SMILES string of the molecule is Cc1ccc(N2C(=O)[C@@H]3[C@H](C2=O)[C@@H]2c4ccccc4C=NN2[C@@H]3C(=O)c2ccccc2)c(C)c1. The summed E-state index contributed by atoms with van der Waals surface area (Å²) in [4.78, 5) is 42.9. The Morgan fingerprint density at radius 1 is 0.853 bits per heavy atom. The second-order valence-corrected chi connectivity index (χ2v) is 9.23. The second-order valence-electron chi connectivity index (χ2n) is 9.23. The fourth-order valence-corrected chi connectivity index (χ4v) is 5.74. The molecule has 3 aromatic rings. The lowest BCUT2D eigenvalue weighted by Gasteiger charge is -2.34. The van der Waals surface area contributed by atoms with E-state index in [0.717, 1.165) is 22.3 Å². The van der Waals surface area contributed by atoms with Crippen molar-refractivity contribution >= 4 is 29.5 Å². The molecular formula is C28H23N3O3. The number of hydrazone groups is 1. The zero-order valence-corrected chi connectivity index (χ0v) is 18.9. The van der Waals surface area contributed by atoms with Crippen molar-refractivity contribution in [2.45, 2.75) is 25.9 Å². The van der Waals surface area contributed by atoms with Crippen molar-refractivity contribution in [3.63, 3.8) is 0 Å². The van der Waals surface area contributed by atoms with Crippen molar-refractivity contribution in [1.82, 2.24) is 5.01 Å². The van der Waals surface area contributed by atoms with Crippen LogP contribution in [0.2, 0.25) is 0 Å². The Kier molecular flexibility index (Phi) is 4.52. The molecule has 2 amide bonds. The van der Waals surface area contributed by atoms with Gasteiger partial charge >= 0.3 is 0 Å². The first-order valence-corrected chi connectivity index (χ1v) is 11.4. The molecule has 168 valence electrons. The zero-order chi connectivity index (χ0) is 23.6. The topological polar surface area (TPSA) is 70.1 Å². The third kappa shape index (κ3) is 2.81. The van der Waals surface area contributed by atoms with Crippen molar-refractivity contribution in [2.24, 2.45) is 16.9 Å². The molecule has 4 atom stereocenters. The Morgan fingerprint density at radius 2 is 1.56 bits per heavy atom. The van der Waals surface area contributed by atoms with Crippen LogP contribution in [0.3, 0.4) is 0 Å². The average molecular weight is 450 g/mol. The molecular weight excluding hydrogens is 426 g/mol. The number of aryl methyl sites for hydroxylation is 2. The number of nitrogens with zero attached hydrogens (tertiary/aromatic N) is 3. The molecule has 3 aliphatic heterocycles. The zero-order valence-electron chi connectivity index (χ0n) is 18.9. The number of carbonyl (C=O) groups excluding carboxylic acids is 3. The lowest BCUT2D eigenvalue weighted by atomic mass is 9.83. The number of rotatable bonds is 3. The van der Waals surface area contributed by atoms with Crippen LogP contribution in [-0.2, 0) is 9.59 Å². The number of benzene rings is 3. The number of ketones is 1. The summed E-state index contributed by atoms with van der Waals surface area (Å²) < 4.78 is 0. The number of imide groups is 1. The highest BCUT2D eigenvalue weighted by Crippen LogP contribution is 2.53. The molecule has 0 unspecified atom stereocenters. The molecule has 6 nitrogen and oxygen atoms in total. The summed E-state index contributed by atoms with van der Waals surface area (Å²) in [6, 6.07) is 21.0. The molecule has 3 aliphatic rings. The number of fused-ring (bicyclic) bond motifs is 5. The van der Waals surface area contributed by atoms with Gasteiger partial charge in [0.15, 0.2) is 5.78 Å². The summed E-state index contributed by atoms with van der Waals surface area (Å²) in [5.74, 6) is -2.30. The van der Waals surface area contributed by atoms with Crippen LogP contribution < -0.4 is 4.90 Å². The van der Waals surface area contributed by atoms with Crippen LogP contribution in [0.1, 0.15) is 38.7 Å². The molecule has 0 radical (unpaired) electrons. The predicted octanol–water partition coefficient (Wildman–Crippen LogP) is 4.06. The van der Waals surface area contributed by atoms with Crippen LogP contribution >= 0.6 is 0 Å². The summed E-state index contributed by atoms with van der Waals surface area (Å²) in [5, 5.41) is 6.30. The molecule has 6 heteroatoms. The summed E-state index contributed by atoms with van der Waals surface area (Å²) in [5.41, 5.74) is 4.82. The Hall–Kier alpha value is -4.06. The minimum absolute atomic E-state index is 0.196. The van der Waals surface area contributed by atoms with Crippen molar-refractivity contribution in [2.75, 3.05) is 4.90 Å². The van der Waals surface area contributed by atoms with E-state index < -0.39 is 23.9 Å². The number of carbonyl (C=O) groups is 3. The Morgan fingerprint density at radius 3 is 2.32 bits per heavy atom. The number of anilines is 1. The summed E-state index contributed by atoms with van der Waals surface area (Å²) in [6.45, 7) is 3.87. The van der Waals surface area contributed by atoms with Crippen LogP contribution in [0.25, 0.3) is 0 Å². The second kappa shape index (κ2) is 7.48. The molecule has 0 bridgehead atoms. The molecule has 0 saturated carbocycles. The number of hydrogen-bond donors (Lipinski definition) is 0. The first-order chi connectivity index (χ1) is 16.5. The third-order valence-electron chi connectivity index (χ3n) is 7.21. The maximum Gasteiger partial charge on any atom is 0.240 e. The van der Waals surface area contributed by atoms with Crippen molar-refractivity contribution in [3.05, 3.63) is 101 Å². The van der Waals surface area contributed by atoms with Crippen LogP contribution in [0.5, 0.6) is 0 Å². The van der Waals surface area contributed by atoms with Gasteiger partial charge in [0.05, 0.1) is 29.8 Å². The molecule has 2 saturated heterocycles. The van der Waals surface area contributed by atoms with Gasteiger partial charge in [0.25, 0.3) is 0 Å². The first kappa shape index (κ1) is 20.5. The molecule has 34 heavy (non-hydrogen) atoms. The van der Waals surface area contributed by atoms with Gasteiger partial charge in [-0.15, -0.1) is 0 Å². The van der Waals surface area contributed by atoms with Crippen molar-refractivity contribution in [1.29, 1.82) is 0 Å². The standard InChI is InChI=1S/C28H23N3O3/c1-16-12-13-21(17(2)14-16)30-27(33)22-23(28(30)34)25(26(32)18-8-4-3-5-9-18)31-24(22)20-11-7-6-10-19(20)15-29-31/h3-15,22-25H,1-2H3/t22-,23+,24-,25-/m0/s1. The average Bonchev–Trinajstić information content (AvgIpc) is 3.32. The van der Waals surface area contributed by atoms with Crippen molar-refractivity contribution < 1.29 is 14.4 Å². The largest absolute Gasteiger partial charge is 0.292 e. The number of amides is 2. The van der Waals surface area contributed by atoms with Gasteiger partial charge < -0.3 is 0 Å². The molecule has 0 spiro atoms. The van der Waals surface area contributed by atoms with E-state index in [-0.39, 0.29) is 17.6 Å². The van der Waals surface area contributed by atoms with E-state index in [9.17, 15) is 14.4 Å². The molecule has 0 aliphatic carbocycles. The van der Waals surface area contributed by atoms with E-state index in [4.69, 9.17) is 0 Å². The fourth-order valence-electron chi connectivity index (χ4n) is 5.74. The number of hydrogen-bond acceptors (Lipinski definition) is 5. The van der Waals surface area contributed by atoms with E-state index in [1.165, 1.54) is 4.90 Å². The minimum Gasteiger partial charge on any atom is -0.292 e. The fraction of sp³-hybridized carbons (Fsp3) is 0.214. The normalized spacial score (nSPS) is 24.8. The van der Waals surface area contributed by atoms with Crippen LogP contribution in [0.4, 0.5) is 5.69 Å². The summed E-state index contributed by atoms with van der Waals surface area (Å²) in [7, 11) is 0. The Balaban J connectivity index is 1.51. The highest BCUT2D eigenvalue weighted by molar-refractivity contribution is 6.25. The Bertz CT molecular complexity index is 1380. The van der Waals surface area contributed by atoms with Crippen LogP contribution in [0, 0.1) is 25.7 Å². The van der Waals surface area contributed by atoms with E-state index >= 15 is 0 Å². The van der Waals surface area contributed by atoms with Gasteiger partial charge in [0.2, 0.25) is 11.8 Å². The van der Waals surface area contributed by atoms with Crippen LogP contribution in [0.15, 0.2) is 77.9 Å². The number of Topliss-reactive ketones (excluding diaryl/α,β-unsaturated/α-hetero) is 1. The molecule has 0 N–H and O–H groups in total. The maximum absolute atomic E-state index is 13.9. The third-order valence-corrected chi connectivity index (χ3v) is 7.21. The first-order valence-electron chi connectivity index (χ1n) is 11.4. The smallest absolute Gasteiger partial charge is 0.240 e. The quantitative estimate of drug-likeness (QED) is 0.447. The highest BCUT2D eigenvalue weighted by atomic mass is 16.2. The molecule has 6 rings (SSSR count).